The van der Waals surface area contributed by atoms with E-state index < -0.39 is 0 Å². The Morgan fingerprint density at radius 3 is 2.23 bits per heavy atom. The van der Waals surface area contributed by atoms with Crippen molar-refractivity contribution in [3.8, 4) is 0 Å². The highest BCUT2D eigenvalue weighted by atomic mass is 16.5. The fraction of sp³-hybridized carbons (Fsp3) is 0.588. The van der Waals surface area contributed by atoms with Crippen molar-refractivity contribution in [2.45, 2.75) is 26.1 Å². The predicted molar refractivity (Wildman–Crippen MR) is 85.4 cm³/mol. The van der Waals surface area contributed by atoms with E-state index in [1.165, 1.54) is 0 Å². The smallest absolute Gasteiger partial charge is 0.254 e. The van der Waals surface area contributed by atoms with Gasteiger partial charge in [0.2, 0.25) is 0 Å². The molecule has 0 radical (unpaired) electrons. The highest BCUT2D eigenvalue weighted by Crippen LogP contribution is 2.19. The lowest BCUT2D eigenvalue weighted by atomic mass is 10.1. The van der Waals surface area contributed by atoms with E-state index in [1.54, 1.807) is 0 Å². The minimum Gasteiger partial charge on any atom is -0.378 e. The van der Waals surface area contributed by atoms with E-state index in [9.17, 15) is 4.79 Å². The number of benzene rings is 1. The molecule has 0 aliphatic carbocycles. The average molecular weight is 304 g/mol. The third-order valence-corrected chi connectivity index (χ3v) is 4.20. The van der Waals surface area contributed by atoms with E-state index in [0.717, 1.165) is 37.6 Å². The number of nitrogens with zero attached hydrogens (tertiary/aromatic N) is 2. The summed E-state index contributed by atoms with van der Waals surface area (Å²) < 4.78 is 11.1. The van der Waals surface area contributed by atoms with Crippen LogP contribution in [-0.4, -0.2) is 62.4 Å². The Labute approximate surface area is 131 Å². The van der Waals surface area contributed by atoms with Gasteiger partial charge in [-0.05, 0) is 38.1 Å². The second-order valence-corrected chi connectivity index (χ2v) is 6.11. The molecule has 2 saturated heterocycles. The van der Waals surface area contributed by atoms with Gasteiger partial charge in [0.15, 0.2) is 0 Å². The number of hydrogen-bond donors (Lipinski definition) is 0. The Hall–Kier alpha value is -1.59. The number of carbonyl (C=O) groups excluding carboxylic acids is 1. The summed E-state index contributed by atoms with van der Waals surface area (Å²) in [4.78, 5) is 16.8. The number of amides is 1. The maximum atomic E-state index is 12.6. The number of anilines is 1. The fourth-order valence-electron chi connectivity index (χ4n) is 3.16. The van der Waals surface area contributed by atoms with Crippen molar-refractivity contribution in [1.29, 1.82) is 0 Å². The highest BCUT2D eigenvalue weighted by molar-refractivity contribution is 5.94. The van der Waals surface area contributed by atoms with Crippen LogP contribution in [0.1, 0.15) is 24.2 Å². The first-order chi connectivity index (χ1) is 10.6. The molecule has 2 aliphatic heterocycles. The van der Waals surface area contributed by atoms with Crippen molar-refractivity contribution in [2.75, 3.05) is 44.3 Å². The summed E-state index contributed by atoms with van der Waals surface area (Å²) in [6, 6.07) is 7.92. The SMILES string of the molecule is C[C@@H]1CN(C(=O)c2ccc(N3CCOCC3)cc2)C[C@H](C)O1. The third-order valence-electron chi connectivity index (χ3n) is 4.20. The van der Waals surface area contributed by atoms with Gasteiger partial charge in [-0.2, -0.15) is 0 Å². The Kier molecular flexibility index (Phi) is 4.64. The van der Waals surface area contributed by atoms with Gasteiger partial charge >= 0.3 is 0 Å². The molecule has 0 spiro atoms. The van der Waals surface area contributed by atoms with Crippen LogP contribution in [0.4, 0.5) is 5.69 Å². The van der Waals surface area contributed by atoms with Crippen LogP contribution in [0.15, 0.2) is 24.3 Å². The van der Waals surface area contributed by atoms with Gasteiger partial charge in [0.05, 0.1) is 25.4 Å². The van der Waals surface area contributed by atoms with Gasteiger partial charge in [-0.1, -0.05) is 0 Å². The molecule has 5 heteroatoms. The summed E-state index contributed by atoms with van der Waals surface area (Å²) in [6.45, 7) is 8.70. The van der Waals surface area contributed by atoms with Crippen molar-refractivity contribution >= 4 is 11.6 Å². The van der Waals surface area contributed by atoms with E-state index in [4.69, 9.17) is 9.47 Å². The van der Waals surface area contributed by atoms with Gasteiger partial charge < -0.3 is 19.3 Å². The standard InChI is InChI=1S/C17H24N2O3/c1-13-11-19(12-14(2)22-13)17(20)15-3-5-16(6-4-15)18-7-9-21-10-8-18/h3-6,13-14H,7-12H2,1-2H3/t13-,14+. The summed E-state index contributed by atoms with van der Waals surface area (Å²) >= 11 is 0. The first-order valence-corrected chi connectivity index (χ1v) is 8.01. The Balaban J connectivity index is 1.68. The van der Waals surface area contributed by atoms with Crippen molar-refractivity contribution in [2.24, 2.45) is 0 Å². The molecule has 0 N–H and O–H groups in total. The highest BCUT2D eigenvalue weighted by Gasteiger charge is 2.26. The van der Waals surface area contributed by atoms with Crippen molar-refractivity contribution in [1.82, 2.24) is 4.90 Å². The third kappa shape index (κ3) is 3.42. The molecule has 3 rings (SSSR count). The summed E-state index contributed by atoms with van der Waals surface area (Å²) in [5, 5.41) is 0. The zero-order valence-corrected chi connectivity index (χ0v) is 13.3. The Morgan fingerprint density at radius 2 is 1.64 bits per heavy atom. The largest absolute Gasteiger partial charge is 0.378 e. The van der Waals surface area contributed by atoms with Gasteiger partial charge in [0.1, 0.15) is 0 Å². The van der Waals surface area contributed by atoms with Crippen LogP contribution in [0.2, 0.25) is 0 Å². The second kappa shape index (κ2) is 6.67. The number of carbonyl (C=O) groups is 1. The minimum absolute atomic E-state index is 0.0931. The predicted octanol–water partition coefficient (Wildman–Crippen LogP) is 1.77. The number of ether oxygens (including phenoxy) is 2. The van der Waals surface area contributed by atoms with Crippen molar-refractivity contribution in [3.63, 3.8) is 0 Å². The first-order valence-electron chi connectivity index (χ1n) is 8.01. The molecule has 0 saturated carbocycles. The zero-order valence-electron chi connectivity index (χ0n) is 13.3. The van der Waals surface area contributed by atoms with E-state index in [2.05, 4.69) is 4.90 Å². The number of hydrogen-bond acceptors (Lipinski definition) is 4. The molecule has 2 fully saturated rings. The van der Waals surface area contributed by atoms with E-state index in [1.807, 2.05) is 43.0 Å². The molecule has 1 aromatic carbocycles. The van der Waals surface area contributed by atoms with Crippen molar-refractivity contribution < 1.29 is 14.3 Å². The molecule has 1 amide bonds. The minimum atomic E-state index is 0.0931. The lowest BCUT2D eigenvalue weighted by Crippen LogP contribution is -2.48. The van der Waals surface area contributed by atoms with Crippen LogP contribution < -0.4 is 4.90 Å². The lowest BCUT2D eigenvalue weighted by molar-refractivity contribution is -0.0586. The van der Waals surface area contributed by atoms with Crippen LogP contribution in [0.3, 0.4) is 0 Å². The van der Waals surface area contributed by atoms with Crippen LogP contribution in [-0.2, 0) is 9.47 Å². The van der Waals surface area contributed by atoms with Gasteiger partial charge in [0.25, 0.3) is 5.91 Å². The summed E-state index contributed by atoms with van der Waals surface area (Å²) in [5.41, 5.74) is 1.90. The summed E-state index contributed by atoms with van der Waals surface area (Å²) in [7, 11) is 0. The second-order valence-electron chi connectivity index (χ2n) is 6.11. The molecule has 120 valence electrons. The molecule has 1 aromatic rings. The molecule has 0 bridgehead atoms. The quantitative estimate of drug-likeness (QED) is 0.835. The van der Waals surface area contributed by atoms with Crippen LogP contribution in [0.5, 0.6) is 0 Å². The molecule has 2 atom stereocenters. The van der Waals surface area contributed by atoms with E-state index in [0.29, 0.717) is 13.1 Å². The Morgan fingerprint density at radius 1 is 1.05 bits per heavy atom. The van der Waals surface area contributed by atoms with Crippen LogP contribution in [0.25, 0.3) is 0 Å². The van der Waals surface area contributed by atoms with E-state index in [-0.39, 0.29) is 18.1 Å². The molecule has 22 heavy (non-hydrogen) atoms. The lowest BCUT2D eigenvalue weighted by Gasteiger charge is -2.35. The summed E-state index contributed by atoms with van der Waals surface area (Å²) in [5.74, 6) is 0.0931. The molecular weight excluding hydrogens is 280 g/mol. The fourth-order valence-corrected chi connectivity index (χ4v) is 3.16. The number of rotatable bonds is 2. The van der Waals surface area contributed by atoms with Crippen LogP contribution in [0, 0.1) is 0 Å². The monoisotopic (exact) mass is 304 g/mol. The van der Waals surface area contributed by atoms with Gasteiger partial charge in [-0.15, -0.1) is 0 Å². The molecule has 0 aromatic heterocycles. The number of morpholine rings is 2. The topological polar surface area (TPSA) is 42.0 Å². The van der Waals surface area contributed by atoms with Crippen LogP contribution >= 0.6 is 0 Å². The summed E-state index contributed by atoms with van der Waals surface area (Å²) in [6.07, 6.45) is 0.195. The normalized spacial score (nSPS) is 26.1. The molecule has 2 aliphatic rings. The molecule has 5 nitrogen and oxygen atoms in total. The van der Waals surface area contributed by atoms with Gasteiger partial charge in [0, 0.05) is 37.4 Å². The Bertz CT molecular complexity index is 501. The van der Waals surface area contributed by atoms with Crippen molar-refractivity contribution in [3.05, 3.63) is 29.8 Å². The maximum absolute atomic E-state index is 12.6. The average Bonchev–Trinajstić information content (AvgIpc) is 2.54. The zero-order chi connectivity index (χ0) is 15.5. The van der Waals surface area contributed by atoms with E-state index >= 15 is 0 Å². The first kappa shape index (κ1) is 15.3. The molecule has 2 heterocycles. The van der Waals surface area contributed by atoms with Gasteiger partial charge in [-0.25, -0.2) is 0 Å². The van der Waals surface area contributed by atoms with Gasteiger partial charge in [-0.3, -0.25) is 4.79 Å². The maximum Gasteiger partial charge on any atom is 0.254 e. The molecular formula is C17H24N2O3. The molecule has 0 unspecified atom stereocenters.